The highest BCUT2D eigenvalue weighted by Gasteiger charge is 2.01. The van der Waals surface area contributed by atoms with Gasteiger partial charge in [-0.1, -0.05) is 30.3 Å². The summed E-state index contributed by atoms with van der Waals surface area (Å²) < 4.78 is 0. The summed E-state index contributed by atoms with van der Waals surface area (Å²) in [4.78, 5) is 2.21. The van der Waals surface area contributed by atoms with E-state index in [0.29, 0.717) is 6.04 Å². The van der Waals surface area contributed by atoms with Gasteiger partial charge in [0, 0.05) is 19.1 Å². The molecule has 1 rings (SSSR count). The molecule has 90 valence electrons. The van der Waals surface area contributed by atoms with E-state index >= 15 is 0 Å². The van der Waals surface area contributed by atoms with Crippen LogP contribution < -0.4 is 5.32 Å². The summed E-state index contributed by atoms with van der Waals surface area (Å²) in [5.74, 6) is 0. The van der Waals surface area contributed by atoms with Gasteiger partial charge in [0.05, 0.1) is 0 Å². The first kappa shape index (κ1) is 13.2. The minimum atomic E-state index is 0.597. The number of rotatable bonds is 7. The molecule has 0 saturated carbocycles. The van der Waals surface area contributed by atoms with Crippen molar-refractivity contribution in [3.05, 3.63) is 35.9 Å². The molecule has 0 heterocycles. The van der Waals surface area contributed by atoms with Crippen LogP contribution in [-0.4, -0.2) is 38.1 Å². The molecule has 1 aromatic rings. The molecule has 16 heavy (non-hydrogen) atoms. The molecule has 0 bridgehead atoms. The van der Waals surface area contributed by atoms with E-state index in [-0.39, 0.29) is 0 Å². The van der Waals surface area contributed by atoms with Crippen LogP contribution in [0.1, 0.15) is 18.9 Å². The Hall–Kier alpha value is -0.860. The zero-order valence-electron chi connectivity index (χ0n) is 10.7. The third-order valence-electron chi connectivity index (χ3n) is 2.76. The average Bonchev–Trinajstić information content (AvgIpc) is 2.27. The van der Waals surface area contributed by atoms with Crippen molar-refractivity contribution in [3.63, 3.8) is 0 Å². The monoisotopic (exact) mass is 220 g/mol. The lowest BCUT2D eigenvalue weighted by Gasteiger charge is -2.16. The van der Waals surface area contributed by atoms with E-state index in [1.165, 1.54) is 12.0 Å². The third-order valence-corrected chi connectivity index (χ3v) is 2.76. The van der Waals surface area contributed by atoms with Crippen molar-refractivity contribution in [3.8, 4) is 0 Å². The second kappa shape index (κ2) is 7.42. The molecule has 0 aromatic heterocycles. The van der Waals surface area contributed by atoms with E-state index in [0.717, 1.165) is 19.5 Å². The van der Waals surface area contributed by atoms with E-state index in [1.807, 2.05) is 0 Å². The predicted octanol–water partition coefficient (Wildman–Crippen LogP) is 2.16. The summed E-state index contributed by atoms with van der Waals surface area (Å²) >= 11 is 0. The van der Waals surface area contributed by atoms with Crippen LogP contribution in [0.2, 0.25) is 0 Å². The molecule has 0 radical (unpaired) electrons. The maximum absolute atomic E-state index is 3.54. The Balaban J connectivity index is 2.13. The van der Waals surface area contributed by atoms with Crippen LogP contribution in [0.4, 0.5) is 0 Å². The number of aryl methyl sites for hydroxylation is 1. The van der Waals surface area contributed by atoms with Crippen LogP contribution in [-0.2, 0) is 6.42 Å². The fourth-order valence-corrected chi connectivity index (χ4v) is 1.66. The molecule has 0 unspecified atom stereocenters. The fourth-order valence-electron chi connectivity index (χ4n) is 1.66. The van der Waals surface area contributed by atoms with Gasteiger partial charge in [-0.25, -0.2) is 0 Å². The molecule has 1 N–H and O–H groups in total. The first-order chi connectivity index (χ1) is 7.68. The normalized spacial score (nSPS) is 13.0. The van der Waals surface area contributed by atoms with Gasteiger partial charge in [-0.2, -0.15) is 0 Å². The van der Waals surface area contributed by atoms with Crippen LogP contribution in [0.25, 0.3) is 0 Å². The maximum atomic E-state index is 3.54. The average molecular weight is 220 g/mol. The summed E-state index contributed by atoms with van der Waals surface area (Å²) in [6, 6.07) is 11.3. The van der Waals surface area contributed by atoms with Gasteiger partial charge in [-0.3, -0.25) is 0 Å². The van der Waals surface area contributed by atoms with Crippen molar-refractivity contribution in [2.24, 2.45) is 0 Å². The minimum absolute atomic E-state index is 0.597. The molecule has 0 aliphatic carbocycles. The highest BCUT2D eigenvalue weighted by molar-refractivity contribution is 5.14. The molecule has 0 fully saturated rings. The predicted molar refractivity (Wildman–Crippen MR) is 70.8 cm³/mol. The van der Waals surface area contributed by atoms with Crippen molar-refractivity contribution >= 4 is 0 Å². The van der Waals surface area contributed by atoms with Gasteiger partial charge in [0.25, 0.3) is 0 Å². The molecule has 0 saturated heterocycles. The minimum Gasteiger partial charge on any atom is -0.313 e. The molecule has 2 nitrogen and oxygen atoms in total. The lowest BCUT2D eigenvalue weighted by molar-refractivity contribution is 0.383. The number of hydrogen-bond donors (Lipinski definition) is 1. The van der Waals surface area contributed by atoms with Gasteiger partial charge >= 0.3 is 0 Å². The summed E-state index contributed by atoms with van der Waals surface area (Å²) in [6.07, 6.45) is 2.37. The molecular formula is C14H24N2. The number of likely N-dealkylation sites (N-methyl/N-ethyl adjacent to an activating group) is 1. The van der Waals surface area contributed by atoms with Gasteiger partial charge in [0.1, 0.15) is 0 Å². The molecule has 0 spiro atoms. The van der Waals surface area contributed by atoms with Crippen molar-refractivity contribution in [2.45, 2.75) is 25.8 Å². The van der Waals surface area contributed by atoms with Crippen molar-refractivity contribution < 1.29 is 0 Å². The Labute approximate surface area is 99.7 Å². The molecule has 2 heteroatoms. The fraction of sp³-hybridized carbons (Fsp3) is 0.571. The molecule has 1 aromatic carbocycles. The van der Waals surface area contributed by atoms with Crippen molar-refractivity contribution in [2.75, 3.05) is 27.2 Å². The first-order valence-electron chi connectivity index (χ1n) is 6.10. The quantitative estimate of drug-likeness (QED) is 0.757. The third kappa shape index (κ3) is 5.89. The first-order valence-corrected chi connectivity index (χ1v) is 6.10. The lowest BCUT2D eigenvalue weighted by atomic mass is 10.1. The summed E-state index contributed by atoms with van der Waals surface area (Å²) in [5.41, 5.74) is 1.43. The summed E-state index contributed by atoms with van der Waals surface area (Å²) in [7, 11) is 4.21. The summed E-state index contributed by atoms with van der Waals surface area (Å²) in [6.45, 7) is 4.44. The van der Waals surface area contributed by atoms with Crippen molar-refractivity contribution in [1.29, 1.82) is 0 Å². The molecule has 0 aliphatic rings. The zero-order valence-corrected chi connectivity index (χ0v) is 10.7. The van der Waals surface area contributed by atoms with E-state index < -0.39 is 0 Å². The molecule has 0 amide bonds. The second-order valence-corrected chi connectivity index (χ2v) is 4.68. The van der Waals surface area contributed by atoms with Crippen LogP contribution in [0, 0.1) is 0 Å². The summed E-state index contributed by atoms with van der Waals surface area (Å²) in [5, 5.41) is 3.54. The number of benzene rings is 1. The van der Waals surface area contributed by atoms with Crippen LogP contribution in [0.3, 0.4) is 0 Å². The Morgan fingerprint density at radius 3 is 2.50 bits per heavy atom. The maximum Gasteiger partial charge on any atom is 0.0101 e. The molecular weight excluding hydrogens is 196 g/mol. The Morgan fingerprint density at radius 1 is 1.19 bits per heavy atom. The number of hydrogen-bond acceptors (Lipinski definition) is 2. The Kier molecular flexibility index (Phi) is 6.12. The Morgan fingerprint density at radius 2 is 1.88 bits per heavy atom. The van der Waals surface area contributed by atoms with E-state index in [2.05, 4.69) is 61.6 Å². The van der Waals surface area contributed by atoms with Crippen LogP contribution in [0.5, 0.6) is 0 Å². The van der Waals surface area contributed by atoms with Gasteiger partial charge in [0.15, 0.2) is 0 Å². The lowest BCUT2D eigenvalue weighted by Crippen LogP contribution is -2.33. The highest BCUT2D eigenvalue weighted by Crippen LogP contribution is 2.04. The van der Waals surface area contributed by atoms with Gasteiger partial charge < -0.3 is 10.2 Å². The topological polar surface area (TPSA) is 15.3 Å². The zero-order chi connectivity index (χ0) is 11.8. The number of nitrogens with zero attached hydrogens (tertiary/aromatic N) is 1. The van der Waals surface area contributed by atoms with Crippen LogP contribution in [0.15, 0.2) is 30.3 Å². The molecule has 0 aliphatic heterocycles. The molecule has 1 atom stereocenters. The van der Waals surface area contributed by atoms with Gasteiger partial charge in [-0.05, 0) is 39.4 Å². The number of nitrogens with one attached hydrogen (secondary N) is 1. The standard InChI is InChI=1S/C14H24N2/c1-13(15-11-12-16(2)3)9-10-14-7-5-4-6-8-14/h4-8,13,15H,9-12H2,1-3H3/t13-/m1/s1. The SMILES string of the molecule is C[C@H](CCc1ccccc1)NCCN(C)C. The van der Waals surface area contributed by atoms with Crippen LogP contribution >= 0.6 is 0 Å². The van der Waals surface area contributed by atoms with E-state index in [1.54, 1.807) is 0 Å². The second-order valence-electron chi connectivity index (χ2n) is 4.68. The van der Waals surface area contributed by atoms with E-state index in [9.17, 15) is 0 Å². The van der Waals surface area contributed by atoms with Gasteiger partial charge in [0.2, 0.25) is 0 Å². The van der Waals surface area contributed by atoms with E-state index in [4.69, 9.17) is 0 Å². The Bertz CT molecular complexity index is 269. The van der Waals surface area contributed by atoms with Gasteiger partial charge in [-0.15, -0.1) is 0 Å². The largest absolute Gasteiger partial charge is 0.313 e. The smallest absolute Gasteiger partial charge is 0.0101 e. The highest BCUT2D eigenvalue weighted by atomic mass is 15.1. The van der Waals surface area contributed by atoms with Crippen molar-refractivity contribution in [1.82, 2.24) is 10.2 Å².